The molecule has 0 amide bonds. The topological polar surface area (TPSA) is 66.0 Å². The van der Waals surface area contributed by atoms with E-state index in [9.17, 15) is 10.5 Å². The van der Waals surface area contributed by atoms with Gasteiger partial charge in [0, 0.05) is 16.7 Å². The highest BCUT2D eigenvalue weighted by Crippen LogP contribution is 2.33. The van der Waals surface area contributed by atoms with Gasteiger partial charge in [0.1, 0.15) is 40.7 Å². The van der Waals surface area contributed by atoms with Gasteiger partial charge < -0.3 is 9.47 Å². The second kappa shape index (κ2) is 8.86. The van der Waals surface area contributed by atoms with Crippen LogP contribution >= 0.6 is 0 Å². The van der Waals surface area contributed by atoms with Gasteiger partial charge in [0.05, 0.1) is 0 Å². The van der Waals surface area contributed by atoms with Crippen LogP contribution in [0, 0.1) is 22.7 Å². The fraction of sp³-hybridized carbons (Fsp3) is 0.0370. The Hall–Kier alpha value is -4.54. The van der Waals surface area contributed by atoms with Crippen LogP contribution in [0.25, 0.3) is 11.5 Å². The molecule has 4 rings (SSSR count). The first-order valence-corrected chi connectivity index (χ1v) is 9.72. The first kappa shape index (κ1) is 19.8. The van der Waals surface area contributed by atoms with E-state index in [0.717, 1.165) is 28.2 Å². The molecule has 2 aromatic rings. The maximum atomic E-state index is 9.21. The maximum Gasteiger partial charge on any atom is 0.137 e. The number of hydrogen-bond acceptors (Lipinski definition) is 4. The summed E-state index contributed by atoms with van der Waals surface area (Å²) in [6, 6.07) is 23.6. The van der Waals surface area contributed by atoms with Crippen LogP contribution in [0.2, 0.25) is 0 Å². The minimum atomic E-state index is 0.0477. The highest BCUT2D eigenvalue weighted by atomic mass is 16.5. The third-order valence-corrected chi connectivity index (χ3v) is 4.69. The number of nitriles is 2. The SMILES string of the molecule is CC1=CC(=C(C#N)C#N)C=C(C=C2C=C(c3ccccc3)OC(c3ccccc3)=C2)O1. The van der Waals surface area contributed by atoms with Crippen molar-refractivity contribution in [2.24, 2.45) is 0 Å². The van der Waals surface area contributed by atoms with E-state index in [1.165, 1.54) is 0 Å². The summed E-state index contributed by atoms with van der Waals surface area (Å²) in [7, 11) is 0. The van der Waals surface area contributed by atoms with Crippen LogP contribution in [0.1, 0.15) is 18.1 Å². The Morgan fingerprint density at radius 1 is 0.742 bits per heavy atom. The normalized spacial score (nSPS) is 15.1. The van der Waals surface area contributed by atoms with Crippen molar-refractivity contribution in [2.45, 2.75) is 6.92 Å². The minimum Gasteiger partial charge on any atom is -0.462 e. The summed E-state index contributed by atoms with van der Waals surface area (Å²) in [6.45, 7) is 1.79. The molecule has 2 heterocycles. The molecule has 4 nitrogen and oxygen atoms in total. The van der Waals surface area contributed by atoms with Gasteiger partial charge in [-0.25, -0.2) is 0 Å². The lowest BCUT2D eigenvalue weighted by atomic mass is 10.0. The molecule has 0 N–H and O–H groups in total. The van der Waals surface area contributed by atoms with Gasteiger partial charge in [-0.2, -0.15) is 10.5 Å². The molecule has 0 saturated carbocycles. The summed E-state index contributed by atoms with van der Waals surface area (Å²) in [5, 5.41) is 18.4. The molecule has 0 bridgehead atoms. The molecule has 2 aliphatic heterocycles. The van der Waals surface area contributed by atoms with Crippen LogP contribution in [0.15, 0.2) is 119 Å². The van der Waals surface area contributed by atoms with E-state index in [2.05, 4.69) is 0 Å². The number of nitrogens with zero attached hydrogens (tertiary/aromatic N) is 2. The molecule has 0 atom stereocenters. The molecule has 0 radical (unpaired) electrons. The molecule has 0 saturated heterocycles. The third kappa shape index (κ3) is 4.56. The summed E-state index contributed by atoms with van der Waals surface area (Å²) in [5.74, 6) is 2.60. The summed E-state index contributed by atoms with van der Waals surface area (Å²) >= 11 is 0. The number of allylic oxidation sites excluding steroid dienone is 9. The zero-order chi connectivity index (χ0) is 21.6. The Bertz CT molecular complexity index is 1200. The maximum absolute atomic E-state index is 9.21. The second-order valence-corrected chi connectivity index (χ2v) is 6.95. The molecule has 0 unspecified atom stereocenters. The van der Waals surface area contributed by atoms with Gasteiger partial charge in [0.25, 0.3) is 0 Å². The Morgan fingerprint density at radius 2 is 1.29 bits per heavy atom. The van der Waals surface area contributed by atoms with Crippen LogP contribution in [0.5, 0.6) is 0 Å². The highest BCUT2D eigenvalue weighted by Gasteiger charge is 2.17. The van der Waals surface area contributed by atoms with E-state index in [1.54, 1.807) is 19.1 Å². The van der Waals surface area contributed by atoms with E-state index < -0.39 is 0 Å². The van der Waals surface area contributed by atoms with Crippen molar-refractivity contribution in [2.75, 3.05) is 0 Å². The average molecular weight is 402 g/mol. The van der Waals surface area contributed by atoms with Crippen molar-refractivity contribution in [3.8, 4) is 12.1 Å². The first-order valence-electron chi connectivity index (χ1n) is 9.72. The zero-order valence-corrected chi connectivity index (χ0v) is 16.9. The van der Waals surface area contributed by atoms with Crippen LogP contribution in [-0.2, 0) is 9.47 Å². The van der Waals surface area contributed by atoms with Gasteiger partial charge in [-0.3, -0.25) is 0 Å². The fourth-order valence-corrected chi connectivity index (χ4v) is 3.29. The highest BCUT2D eigenvalue weighted by molar-refractivity contribution is 5.77. The van der Waals surface area contributed by atoms with E-state index in [1.807, 2.05) is 91.0 Å². The van der Waals surface area contributed by atoms with E-state index in [0.29, 0.717) is 17.1 Å². The molecule has 31 heavy (non-hydrogen) atoms. The van der Waals surface area contributed by atoms with Crippen molar-refractivity contribution >= 4 is 11.5 Å². The Morgan fingerprint density at radius 3 is 1.81 bits per heavy atom. The third-order valence-electron chi connectivity index (χ3n) is 4.69. The molecule has 0 spiro atoms. The van der Waals surface area contributed by atoms with E-state index in [-0.39, 0.29) is 5.57 Å². The average Bonchev–Trinajstić information content (AvgIpc) is 2.80. The monoisotopic (exact) mass is 402 g/mol. The lowest BCUT2D eigenvalue weighted by molar-refractivity contribution is 0.317. The van der Waals surface area contributed by atoms with Gasteiger partial charge in [-0.15, -0.1) is 0 Å². The lowest BCUT2D eigenvalue weighted by Crippen LogP contribution is -2.01. The Balaban J connectivity index is 1.79. The standard InChI is InChI=1S/C27H18N2O2/c1-19-12-23(24(17-28)18-29)16-25(30-19)13-20-14-26(21-8-4-2-5-9-21)31-27(15-20)22-10-6-3-7-11-22/h2-16H,1H3. The summed E-state index contributed by atoms with van der Waals surface area (Å²) in [5.41, 5.74) is 3.38. The Kier molecular flexibility index (Phi) is 5.65. The van der Waals surface area contributed by atoms with Crippen LogP contribution in [0.4, 0.5) is 0 Å². The van der Waals surface area contributed by atoms with Gasteiger partial charge in [-0.05, 0) is 42.9 Å². The predicted molar refractivity (Wildman–Crippen MR) is 119 cm³/mol. The number of hydrogen-bond donors (Lipinski definition) is 0. The number of ether oxygens (including phenoxy) is 2. The van der Waals surface area contributed by atoms with Gasteiger partial charge in [-0.1, -0.05) is 60.7 Å². The van der Waals surface area contributed by atoms with Crippen molar-refractivity contribution in [3.05, 3.63) is 130 Å². The smallest absolute Gasteiger partial charge is 0.137 e. The number of rotatable bonds is 3. The predicted octanol–water partition coefficient (Wildman–Crippen LogP) is 6.19. The quantitative estimate of drug-likeness (QED) is 0.575. The lowest BCUT2D eigenvalue weighted by Gasteiger charge is -2.20. The molecule has 148 valence electrons. The van der Waals surface area contributed by atoms with E-state index >= 15 is 0 Å². The van der Waals surface area contributed by atoms with Gasteiger partial charge in [0.15, 0.2) is 0 Å². The van der Waals surface area contributed by atoms with Crippen LogP contribution in [-0.4, -0.2) is 0 Å². The summed E-state index contributed by atoms with van der Waals surface area (Å²) in [6.07, 6.45) is 9.14. The van der Waals surface area contributed by atoms with Crippen molar-refractivity contribution in [1.82, 2.24) is 0 Å². The van der Waals surface area contributed by atoms with Crippen molar-refractivity contribution < 1.29 is 9.47 Å². The molecular weight excluding hydrogens is 384 g/mol. The van der Waals surface area contributed by atoms with Gasteiger partial charge >= 0.3 is 0 Å². The molecular formula is C27H18N2O2. The molecule has 2 aliphatic rings. The first-order chi connectivity index (χ1) is 15.2. The molecule has 0 aromatic heterocycles. The molecule has 4 heteroatoms. The molecule has 0 aliphatic carbocycles. The number of benzene rings is 2. The fourth-order valence-electron chi connectivity index (χ4n) is 3.29. The minimum absolute atomic E-state index is 0.0477. The summed E-state index contributed by atoms with van der Waals surface area (Å²) < 4.78 is 12.0. The van der Waals surface area contributed by atoms with Crippen molar-refractivity contribution in [3.63, 3.8) is 0 Å². The van der Waals surface area contributed by atoms with Crippen LogP contribution in [0.3, 0.4) is 0 Å². The van der Waals surface area contributed by atoms with Gasteiger partial charge in [0.2, 0.25) is 0 Å². The van der Waals surface area contributed by atoms with Crippen molar-refractivity contribution in [1.29, 1.82) is 10.5 Å². The summed E-state index contributed by atoms with van der Waals surface area (Å²) in [4.78, 5) is 0. The van der Waals surface area contributed by atoms with Crippen LogP contribution < -0.4 is 0 Å². The zero-order valence-electron chi connectivity index (χ0n) is 16.9. The Labute approximate surface area is 181 Å². The largest absolute Gasteiger partial charge is 0.462 e. The second-order valence-electron chi connectivity index (χ2n) is 6.95. The van der Waals surface area contributed by atoms with E-state index in [4.69, 9.17) is 9.47 Å². The molecule has 2 aromatic carbocycles. The molecule has 0 fully saturated rings.